The molecule has 0 aliphatic heterocycles. The molecule has 25 heavy (non-hydrogen) atoms. The van der Waals surface area contributed by atoms with E-state index in [1.54, 1.807) is 30.8 Å². The first kappa shape index (κ1) is 17.8. The lowest BCUT2D eigenvalue weighted by atomic mass is 10.3. The summed E-state index contributed by atoms with van der Waals surface area (Å²) in [5.74, 6) is -0.500. The van der Waals surface area contributed by atoms with Crippen LogP contribution in [0.1, 0.15) is 26.8 Å². The van der Waals surface area contributed by atoms with Crippen molar-refractivity contribution in [3.05, 3.63) is 29.5 Å². The van der Waals surface area contributed by atoms with E-state index in [9.17, 15) is 9.59 Å². The summed E-state index contributed by atoms with van der Waals surface area (Å²) in [5.41, 5.74) is 17.3. The SMILES string of the molecule is Cc1c(N)nc(C(=O)Nc2cc[nH]c2C(=O)NCCN=C(N)N)n1C. The molecule has 2 heterocycles. The molecule has 0 fully saturated rings. The minimum atomic E-state index is -0.476. The number of aromatic amines is 1. The van der Waals surface area contributed by atoms with E-state index in [1.165, 1.54) is 0 Å². The van der Waals surface area contributed by atoms with Gasteiger partial charge in [-0.05, 0) is 13.0 Å². The van der Waals surface area contributed by atoms with E-state index >= 15 is 0 Å². The van der Waals surface area contributed by atoms with E-state index in [4.69, 9.17) is 17.2 Å². The molecule has 2 rings (SSSR count). The highest BCUT2D eigenvalue weighted by molar-refractivity contribution is 6.07. The normalized spacial score (nSPS) is 10.3. The third-order valence-corrected chi connectivity index (χ3v) is 3.53. The first-order valence-corrected chi connectivity index (χ1v) is 7.42. The number of anilines is 2. The maximum atomic E-state index is 12.4. The lowest BCUT2D eigenvalue weighted by Crippen LogP contribution is -2.29. The van der Waals surface area contributed by atoms with Crippen LogP contribution in [0.15, 0.2) is 17.3 Å². The second kappa shape index (κ2) is 7.38. The minimum absolute atomic E-state index is 0.0493. The van der Waals surface area contributed by atoms with Crippen molar-refractivity contribution < 1.29 is 9.59 Å². The standard InChI is InChI=1S/C14H21N9O2/c1-7-10(15)22-11(23(7)2)13(25)21-8-3-4-18-9(8)12(24)19-5-6-20-14(16)17/h3-4,18H,5-6,15H2,1-2H3,(H,19,24)(H,21,25)(H4,16,17,20). The smallest absolute Gasteiger partial charge is 0.291 e. The van der Waals surface area contributed by atoms with E-state index in [2.05, 4.69) is 25.6 Å². The fourth-order valence-electron chi connectivity index (χ4n) is 2.09. The number of H-pyrrole nitrogens is 1. The third kappa shape index (κ3) is 4.07. The lowest BCUT2D eigenvalue weighted by Gasteiger charge is -2.07. The molecule has 0 aliphatic rings. The number of hydrogen-bond donors (Lipinski definition) is 6. The molecule has 0 radical (unpaired) electrons. The number of carbonyl (C=O) groups is 2. The summed E-state index contributed by atoms with van der Waals surface area (Å²) in [6, 6.07) is 1.57. The Morgan fingerprint density at radius 1 is 1.36 bits per heavy atom. The number of guanidine groups is 1. The highest BCUT2D eigenvalue weighted by Gasteiger charge is 2.19. The van der Waals surface area contributed by atoms with Crippen molar-refractivity contribution in [1.29, 1.82) is 0 Å². The van der Waals surface area contributed by atoms with Crippen LogP contribution >= 0.6 is 0 Å². The summed E-state index contributed by atoms with van der Waals surface area (Å²) in [4.78, 5) is 35.1. The van der Waals surface area contributed by atoms with Crippen LogP contribution in [0, 0.1) is 6.92 Å². The zero-order chi connectivity index (χ0) is 18.6. The first-order valence-electron chi connectivity index (χ1n) is 7.42. The van der Waals surface area contributed by atoms with Gasteiger partial charge in [0.1, 0.15) is 11.5 Å². The molecule has 2 aromatic heterocycles. The Balaban J connectivity index is 2.05. The number of imidazole rings is 1. The van der Waals surface area contributed by atoms with Crippen molar-refractivity contribution in [2.24, 2.45) is 23.5 Å². The van der Waals surface area contributed by atoms with E-state index in [0.29, 0.717) is 11.4 Å². The Kier molecular flexibility index (Phi) is 5.27. The highest BCUT2D eigenvalue weighted by atomic mass is 16.2. The van der Waals surface area contributed by atoms with E-state index < -0.39 is 11.8 Å². The number of nitrogen functional groups attached to an aromatic ring is 1. The maximum Gasteiger partial charge on any atom is 0.291 e. The molecule has 0 saturated carbocycles. The van der Waals surface area contributed by atoms with Crippen LogP contribution in [0.25, 0.3) is 0 Å². The summed E-state index contributed by atoms with van der Waals surface area (Å²) in [5, 5.41) is 5.28. The summed E-state index contributed by atoms with van der Waals surface area (Å²) in [7, 11) is 1.68. The van der Waals surface area contributed by atoms with Crippen molar-refractivity contribution in [2.45, 2.75) is 6.92 Å². The van der Waals surface area contributed by atoms with Gasteiger partial charge in [-0.2, -0.15) is 0 Å². The van der Waals surface area contributed by atoms with Crippen molar-refractivity contribution in [3.63, 3.8) is 0 Å². The second-order valence-corrected chi connectivity index (χ2v) is 5.25. The van der Waals surface area contributed by atoms with Gasteiger partial charge in [0.25, 0.3) is 11.8 Å². The van der Waals surface area contributed by atoms with Crippen LogP contribution in [0.2, 0.25) is 0 Å². The molecule has 0 aliphatic carbocycles. The molecule has 11 nitrogen and oxygen atoms in total. The number of hydrogen-bond acceptors (Lipinski definition) is 5. The Bertz CT molecular complexity index is 814. The van der Waals surface area contributed by atoms with Crippen LogP contribution < -0.4 is 27.8 Å². The average molecular weight is 347 g/mol. The molecule has 11 heteroatoms. The van der Waals surface area contributed by atoms with Gasteiger partial charge in [0, 0.05) is 19.8 Å². The first-order chi connectivity index (χ1) is 11.8. The molecule has 0 spiro atoms. The van der Waals surface area contributed by atoms with Crippen LogP contribution in [-0.4, -0.2) is 45.4 Å². The van der Waals surface area contributed by atoms with Crippen LogP contribution in [0.4, 0.5) is 11.5 Å². The fourth-order valence-corrected chi connectivity index (χ4v) is 2.09. The zero-order valence-electron chi connectivity index (χ0n) is 14.0. The van der Waals surface area contributed by atoms with Crippen molar-refractivity contribution >= 4 is 29.3 Å². The largest absolute Gasteiger partial charge is 0.382 e. The second-order valence-electron chi connectivity index (χ2n) is 5.25. The van der Waals surface area contributed by atoms with Crippen molar-refractivity contribution in [2.75, 3.05) is 24.1 Å². The number of carbonyl (C=O) groups excluding carboxylic acids is 2. The van der Waals surface area contributed by atoms with Gasteiger partial charge in [-0.1, -0.05) is 0 Å². The van der Waals surface area contributed by atoms with Gasteiger partial charge in [0.15, 0.2) is 5.96 Å². The Labute approximate surface area is 143 Å². The average Bonchev–Trinajstić information content (AvgIpc) is 3.11. The quantitative estimate of drug-likeness (QED) is 0.219. The fraction of sp³-hybridized carbons (Fsp3) is 0.286. The van der Waals surface area contributed by atoms with Crippen LogP contribution in [-0.2, 0) is 7.05 Å². The number of rotatable bonds is 6. The predicted molar refractivity (Wildman–Crippen MR) is 94.1 cm³/mol. The number of aliphatic imine (C=N–C) groups is 1. The molecule has 9 N–H and O–H groups in total. The summed E-state index contributed by atoms with van der Waals surface area (Å²) in [6.45, 7) is 2.26. The van der Waals surface area contributed by atoms with E-state index in [-0.39, 0.29) is 36.4 Å². The van der Waals surface area contributed by atoms with Gasteiger partial charge in [0.05, 0.1) is 17.9 Å². The molecule has 0 atom stereocenters. The number of aromatic nitrogens is 3. The van der Waals surface area contributed by atoms with Crippen LogP contribution in [0.3, 0.4) is 0 Å². The van der Waals surface area contributed by atoms with E-state index in [1.807, 2.05) is 0 Å². The molecule has 0 saturated heterocycles. The number of amides is 2. The molecule has 0 bridgehead atoms. The van der Waals surface area contributed by atoms with Gasteiger partial charge < -0.3 is 37.4 Å². The lowest BCUT2D eigenvalue weighted by molar-refractivity contribution is 0.0951. The predicted octanol–water partition coefficient (Wildman–Crippen LogP) is -1.11. The third-order valence-electron chi connectivity index (χ3n) is 3.53. The molecule has 0 unspecified atom stereocenters. The van der Waals surface area contributed by atoms with Crippen LogP contribution in [0.5, 0.6) is 0 Å². The zero-order valence-corrected chi connectivity index (χ0v) is 14.0. The summed E-state index contributed by atoms with van der Waals surface area (Å²) >= 11 is 0. The Hall–Kier alpha value is -3.50. The highest BCUT2D eigenvalue weighted by Crippen LogP contribution is 2.16. The topological polar surface area (TPSA) is 182 Å². The number of nitrogens with two attached hydrogens (primary N) is 3. The molecular formula is C14H21N9O2. The maximum absolute atomic E-state index is 12.4. The van der Waals surface area contributed by atoms with Crippen molar-refractivity contribution in [1.82, 2.24) is 19.9 Å². The molecule has 2 aromatic rings. The van der Waals surface area contributed by atoms with Crippen molar-refractivity contribution in [3.8, 4) is 0 Å². The molecular weight excluding hydrogens is 326 g/mol. The van der Waals surface area contributed by atoms with E-state index in [0.717, 1.165) is 0 Å². The number of nitrogens with one attached hydrogen (secondary N) is 3. The monoisotopic (exact) mass is 347 g/mol. The molecule has 2 amide bonds. The van der Waals surface area contributed by atoms with Gasteiger partial charge in [0.2, 0.25) is 5.82 Å². The Morgan fingerprint density at radius 3 is 2.68 bits per heavy atom. The summed E-state index contributed by atoms with van der Waals surface area (Å²) < 4.78 is 1.58. The van der Waals surface area contributed by atoms with Gasteiger partial charge >= 0.3 is 0 Å². The number of nitrogens with zero attached hydrogens (tertiary/aromatic N) is 3. The summed E-state index contributed by atoms with van der Waals surface area (Å²) in [6.07, 6.45) is 1.54. The molecule has 0 aromatic carbocycles. The minimum Gasteiger partial charge on any atom is -0.382 e. The van der Waals surface area contributed by atoms with Gasteiger partial charge in [-0.25, -0.2) is 4.98 Å². The molecule has 134 valence electrons. The van der Waals surface area contributed by atoms with Gasteiger partial charge in [-0.15, -0.1) is 0 Å². The van der Waals surface area contributed by atoms with Gasteiger partial charge in [-0.3, -0.25) is 14.6 Å². The Morgan fingerprint density at radius 2 is 2.08 bits per heavy atom.